The van der Waals surface area contributed by atoms with Crippen LogP contribution >= 0.6 is 0 Å². The van der Waals surface area contributed by atoms with Gasteiger partial charge in [-0.05, 0) is 35.2 Å². The van der Waals surface area contributed by atoms with Gasteiger partial charge in [-0.15, -0.1) is 0 Å². The topological polar surface area (TPSA) is 79.4 Å². The number of benzene rings is 2. The molecule has 30 heavy (non-hydrogen) atoms. The zero-order chi connectivity index (χ0) is 21.4. The molecule has 4 amide bonds. The van der Waals surface area contributed by atoms with Crippen LogP contribution in [0.3, 0.4) is 0 Å². The van der Waals surface area contributed by atoms with Crippen LogP contribution in [0.25, 0.3) is 0 Å². The molecule has 0 bridgehead atoms. The van der Waals surface area contributed by atoms with Crippen molar-refractivity contribution in [2.24, 2.45) is 0 Å². The fourth-order valence-corrected chi connectivity index (χ4v) is 4.10. The number of amides is 4. The zero-order valence-corrected chi connectivity index (χ0v) is 17.1. The van der Waals surface area contributed by atoms with Gasteiger partial charge in [-0.3, -0.25) is 19.4 Å². The van der Waals surface area contributed by atoms with E-state index < -0.39 is 17.8 Å². The molecule has 2 aliphatic heterocycles. The number of imide groups is 2. The number of likely N-dealkylation sites (N-methyl/N-ethyl adjacent to an activating group) is 1. The Morgan fingerprint density at radius 3 is 2.23 bits per heavy atom. The van der Waals surface area contributed by atoms with Crippen LogP contribution in [0.5, 0.6) is 11.5 Å². The molecular weight excluding hydrogens is 386 g/mol. The Labute approximate surface area is 174 Å². The second kappa shape index (κ2) is 7.79. The first-order valence-electron chi connectivity index (χ1n) is 9.63. The molecule has 1 atom stereocenters. The van der Waals surface area contributed by atoms with Gasteiger partial charge in [0.05, 0.1) is 26.9 Å². The maximum absolute atomic E-state index is 12.4. The van der Waals surface area contributed by atoms with Crippen molar-refractivity contribution in [3.8, 4) is 11.5 Å². The lowest BCUT2D eigenvalue weighted by Crippen LogP contribution is -2.46. The third kappa shape index (κ3) is 3.19. The molecule has 0 saturated carbocycles. The first kappa shape index (κ1) is 19.9. The molecule has 1 unspecified atom stereocenters. The second-order valence-electron chi connectivity index (χ2n) is 7.30. The molecule has 0 N–H and O–H groups in total. The predicted octanol–water partition coefficient (Wildman–Crippen LogP) is 2.03. The molecule has 0 spiro atoms. The van der Waals surface area contributed by atoms with Crippen LogP contribution in [0.4, 0.5) is 4.79 Å². The van der Waals surface area contributed by atoms with Crippen LogP contribution in [0.1, 0.15) is 22.7 Å². The summed E-state index contributed by atoms with van der Waals surface area (Å²) in [4.78, 5) is 40.6. The van der Waals surface area contributed by atoms with Gasteiger partial charge in [0.15, 0.2) is 11.5 Å². The van der Waals surface area contributed by atoms with Gasteiger partial charge in [0.2, 0.25) is 0 Å². The predicted molar refractivity (Wildman–Crippen MR) is 108 cm³/mol. The molecule has 0 aromatic heterocycles. The van der Waals surface area contributed by atoms with Crippen LogP contribution < -0.4 is 9.47 Å². The smallest absolute Gasteiger partial charge is 0.335 e. The van der Waals surface area contributed by atoms with E-state index in [2.05, 4.69) is 0 Å². The van der Waals surface area contributed by atoms with E-state index in [4.69, 9.17) is 9.47 Å². The highest BCUT2D eigenvalue weighted by atomic mass is 16.5. The van der Waals surface area contributed by atoms with Crippen molar-refractivity contribution < 1.29 is 23.9 Å². The summed E-state index contributed by atoms with van der Waals surface area (Å²) in [7, 11) is 4.51. The quantitative estimate of drug-likeness (QED) is 0.555. The molecule has 0 radical (unpaired) electrons. The Hall–Kier alpha value is -3.39. The van der Waals surface area contributed by atoms with Crippen LogP contribution in [0, 0.1) is 0 Å². The number of hydrogen-bond acceptors (Lipinski definition) is 6. The molecule has 0 aliphatic carbocycles. The number of nitrogens with zero attached hydrogens (tertiary/aromatic N) is 3. The molecule has 8 nitrogen and oxygen atoms in total. The van der Waals surface area contributed by atoms with Gasteiger partial charge in [-0.25, -0.2) is 9.69 Å². The molecule has 2 aromatic carbocycles. The Morgan fingerprint density at radius 1 is 0.967 bits per heavy atom. The number of methoxy groups -OCH3 is 2. The van der Waals surface area contributed by atoms with Gasteiger partial charge in [0.25, 0.3) is 0 Å². The van der Waals surface area contributed by atoms with Crippen molar-refractivity contribution in [3.63, 3.8) is 0 Å². The van der Waals surface area contributed by atoms with Crippen molar-refractivity contribution in [3.05, 3.63) is 59.2 Å². The normalized spacial score (nSPS) is 19.3. The minimum absolute atomic E-state index is 0.0289. The summed E-state index contributed by atoms with van der Waals surface area (Å²) in [6.07, 6.45) is 0.707. The summed E-state index contributed by atoms with van der Waals surface area (Å²) in [6.45, 7) is 0.637. The van der Waals surface area contributed by atoms with Gasteiger partial charge in [-0.2, -0.15) is 0 Å². The van der Waals surface area contributed by atoms with Crippen molar-refractivity contribution in [2.45, 2.75) is 12.5 Å². The Morgan fingerprint density at radius 2 is 1.63 bits per heavy atom. The lowest BCUT2D eigenvalue weighted by Gasteiger charge is -2.39. The van der Waals surface area contributed by atoms with Gasteiger partial charge >= 0.3 is 17.8 Å². The monoisotopic (exact) mass is 409 g/mol. The molecule has 1 fully saturated rings. The number of carbonyl (C=O) groups is 3. The van der Waals surface area contributed by atoms with Gasteiger partial charge < -0.3 is 9.47 Å². The molecule has 156 valence electrons. The summed E-state index contributed by atoms with van der Waals surface area (Å²) < 4.78 is 11.0. The Balaban J connectivity index is 1.76. The van der Waals surface area contributed by atoms with E-state index in [0.717, 1.165) is 26.5 Å². The third-order valence-electron chi connectivity index (χ3n) is 5.66. The van der Waals surface area contributed by atoms with Gasteiger partial charge in [0.1, 0.15) is 0 Å². The van der Waals surface area contributed by atoms with E-state index >= 15 is 0 Å². The molecule has 2 heterocycles. The van der Waals surface area contributed by atoms with Crippen LogP contribution in [0.15, 0.2) is 42.5 Å². The average Bonchev–Trinajstić information content (AvgIpc) is 2.96. The fourth-order valence-electron chi connectivity index (χ4n) is 4.10. The van der Waals surface area contributed by atoms with Crippen LogP contribution in [-0.2, 0) is 16.0 Å². The maximum atomic E-state index is 12.4. The summed E-state index contributed by atoms with van der Waals surface area (Å²) in [5.74, 6) is -0.330. The van der Waals surface area contributed by atoms with Crippen molar-refractivity contribution >= 4 is 17.8 Å². The number of urea groups is 1. The highest BCUT2D eigenvalue weighted by Gasteiger charge is 2.44. The molecule has 4 rings (SSSR count). The first-order chi connectivity index (χ1) is 14.5. The highest BCUT2D eigenvalue weighted by Crippen LogP contribution is 2.41. The first-order valence-corrected chi connectivity index (χ1v) is 9.63. The molecule has 8 heteroatoms. The van der Waals surface area contributed by atoms with E-state index in [1.54, 1.807) is 14.2 Å². The van der Waals surface area contributed by atoms with E-state index in [1.165, 1.54) is 7.05 Å². The van der Waals surface area contributed by atoms with Gasteiger partial charge in [-0.1, -0.05) is 30.3 Å². The van der Waals surface area contributed by atoms with E-state index in [1.807, 2.05) is 47.4 Å². The van der Waals surface area contributed by atoms with E-state index in [0.29, 0.717) is 24.5 Å². The van der Waals surface area contributed by atoms with Gasteiger partial charge in [0, 0.05) is 13.6 Å². The molecule has 2 aliphatic rings. The molecule has 2 aromatic rings. The average molecular weight is 409 g/mol. The lowest BCUT2D eigenvalue weighted by molar-refractivity contribution is -0.143. The largest absolute Gasteiger partial charge is 0.493 e. The lowest BCUT2D eigenvalue weighted by atomic mass is 9.88. The van der Waals surface area contributed by atoms with Crippen LogP contribution in [-0.4, -0.2) is 67.0 Å². The number of hydrogen-bond donors (Lipinski definition) is 0. The summed E-state index contributed by atoms with van der Waals surface area (Å²) in [6, 6.07) is 13.0. The van der Waals surface area contributed by atoms with E-state index in [9.17, 15) is 14.4 Å². The second-order valence-corrected chi connectivity index (χ2v) is 7.30. The summed E-state index contributed by atoms with van der Waals surface area (Å²) in [5, 5.41) is 0. The number of ether oxygens (including phenoxy) is 2. The number of rotatable bonds is 5. The Bertz CT molecular complexity index is 1010. The number of carbonyl (C=O) groups excluding carboxylic acids is 3. The summed E-state index contributed by atoms with van der Waals surface area (Å²) in [5.41, 5.74) is 3.15. The SMILES string of the molecule is COc1cc2c(cc1OC)C(c1ccccc1)N(CN1C(=O)C(=O)N(C)C1=O)CC2. The van der Waals surface area contributed by atoms with Crippen molar-refractivity contribution in [2.75, 3.05) is 34.5 Å². The minimum Gasteiger partial charge on any atom is -0.493 e. The maximum Gasteiger partial charge on any atom is 0.335 e. The third-order valence-corrected chi connectivity index (χ3v) is 5.66. The standard InChI is InChI=1S/C22H23N3O5/c1-23-20(26)21(27)25(22(23)28)13-24-10-9-15-11-17(29-2)18(30-3)12-16(15)19(24)14-7-5-4-6-8-14/h4-8,11-12,19H,9-10,13H2,1-3H3. The van der Waals surface area contributed by atoms with E-state index in [-0.39, 0.29) is 12.7 Å². The van der Waals surface area contributed by atoms with Crippen LogP contribution in [0.2, 0.25) is 0 Å². The highest BCUT2D eigenvalue weighted by molar-refractivity contribution is 6.44. The minimum atomic E-state index is -0.805. The van der Waals surface area contributed by atoms with Crippen molar-refractivity contribution in [1.29, 1.82) is 0 Å². The number of fused-ring (bicyclic) bond motifs is 1. The molecule has 1 saturated heterocycles. The Kier molecular flexibility index (Phi) is 5.17. The van der Waals surface area contributed by atoms with Crippen molar-refractivity contribution in [1.82, 2.24) is 14.7 Å². The molecular formula is C22H23N3O5. The zero-order valence-electron chi connectivity index (χ0n) is 17.1. The summed E-state index contributed by atoms with van der Waals surface area (Å²) >= 11 is 0. The fraction of sp³-hybridized carbons (Fsp3) is 0.318.